The topological polar surface area (TPSA) is 74.2 Å². The molecule has 0 saturated carbocycles. The van der Waals surface area contributed by atoms with E-state index in [0.717, 1.165) is 4.47 Å². The van der Waals surface area contributed by atoms with Gasteiger partial charge in [0.2, 0.25) is 5.82 Å². The number of aromatic nitrogens is 2. The molecule has 6 heteroatoms. The number of hydrogen-bond acceptors (Lipinski definition) is 5. The van der Waals surface area contributed by atoms with E-state index in [9.17, 15) is 0 Å². The summed E-state index contributed by atoms with van der Waals surface area (Å²) in [4.78, 5) is 4.25. The Balaban J connectivity index is 2.40. The number of methoxy groups -OCH3 is 1. The monoisotopic (exact) mass is 297 g/mol. The molecule has 1 unspecified atom stereocenters. The average molecular weight is 298 g/mol. The molecular formula is C11H12BrN3O2. The first kappa shape index (κ1) is 12.1. The van der Waals surface area contributed by atoms with Gasteiger partial charge in [-0.3, -0.25) is 0 Å². The standard InChI is InChI=1S/C11H12BrN3O2/c1-6(16-2)10-14-11(17-15-10)8-5-7(12)3-4-9(8)13/h3-6H,13H2,1-2H3. The molecule has 2 N–H and O–H groups in total. The van der Waals surface area contributed by atoms with Crippen LogP contribution in [0.3, 0.4) is 0 Å². The van der Waals surface area contributed by atoms with Crippen LogP contribution in [0.2, 0.25) is 0 Å². The molecule has 0 aliphatic carbocycles. The molecule has 0 aliphatic heterocycles. The van der Waals surface area contributed by atoms with Crippen LogP contribution in [0.5, 0.6) is 0 Å². The van der Waals surface area contributed by atoms with Crippen molar-refractivity contribution in [3.63, 3.8) is 0 Å². The van der Waals surface area contributed by atoms with Crippen molar-refractivity contribution in [2.45, 2.75) is 13.0 Å². The molecule has 2 rings (SSSR count). The summed E-state index contributed by atoms with van der Waals surface area (Å²) in [6, 6.07) is 5.47. The van der Waals surface area contributed by atoms with Gasteiger partial charge in [0.05, 0.1) is 5.56 Å². The van der Waals surface area contributed by atoms with Gasteiger partial charge >= 0.3 is 0 Å². The molecule has 0 fully saturated rings. The van der Waals surface area contributed by atoms with E-state index in [2.05, 4.69) is 26.1 Å². The Labute approximate surface area is 107 Å². The molecule has 0 radical (unpaired) electrons. The largest absolute Gasteiger partial charge is 0.398 e. The molecule has 1 atom stereocenters. The highest BCUT2D eigenvalue weighted by molar-refractivity contribution is 9.10. The third-order valence-corrected chi connectivity index (χ3v) is 2.90. The Morgan fingerprint density at radius 3 is 2.94 bits per heavy atom. The van der Waals surface area contributed by atoms with Crippen molar-refractivity contribution in [3.05, 3.63) is 28.5 Å². The molecular weight excluding hydrogens is 286 g/mol. The maximum atomic E-state index is 5.86. The molecule has 0 aliphatic rings. The van der Waals surface area contributed by atoms with E-state index >= 15 is 0 Å². The van der Waals surface area contributed by atoms with Gasteiger partial charge in [0.1, 0.15) is 6.10 Å². The van der Waals surface area contributed by atoms with E-state index in [1.807, 2.05) is 19.1 Å². The SMILES string of the molecule is COC(C)c1noc(-c2cc(Br)ccc2N)n1. The average Bonchev–Trinajstić information content (AvgIpc) is 2.80. The summed E-state index contributed by atoms with van der Waals surface area (Å²) in [5.74, 6) is 0.893. The zero-order valence-electron chi connectivity index (χ0n) is 9.48. The minimum absolute atomic E-state index is 0.208. The minimum atomic E-state index is -0.208. The van der Waals surface area contributed by atoms with Gasteiger partial charge in [-0.2, -0.15) is 4.98 Å². The molecule has 1 aromatic heterocycles. The van der Waals surface area contributed by atoms with E-state index in [4.69, 9.17) is 15.0 Å². The Kier molecular flexibility index (Phi) is 3.44. The van der Waals surface area contributed by atoms with Gasteiger partial charge < -0.3 is 15.0 Å². The summed E-state index contributed by atoms with van der Waals surface area (Å²) in [7, 11) is 1.59. The zero-order valence-corrected chi connectivity index (χ0v) is 11.1. The predicted molar refractivity (Wildman–Crippen MR) is 67.3 cm³/mol. The predicted octanol–water partition coefficient (Wildman–Crippen LogP) is 2.79. The number of nitrogens with two attached hydrogens (primary N) is 1. The smallest absolute Gasteiger partial charge is 0.260 e. The van der Waals surface area contributed by atoms with Crippen molar-refractivity contribution in [1.29, 1.82) is 0 Å². The van der Waals surface area contributed by atoms with Gasteiger partial charge in [-0.25, -0.2) is 0 Å². The van der Waals surface area contributed by atoms with Crippen molar-refractivity contribution in [1.82, 2.24) is 10.1 Å². The van der Waals surface area contributed by atoms with Crippen LogP contribution < -0.4 is 5.73 Å². The van der Waals surface area contributed by atoms with Crippen molar-refractivity contribution >= 4 is 21.6 Å². The van der Waals surface area contributed by atoms with Crippen LogP contribution in [0.25, 0.3) is 11.5 Å². The van der Waals surface area contributed by atoms with Gasteiger partial charge in [0.25, 0.3) is 5.89 Å². The number of hydrogen-bond donors (Lipinski definition) is 1. The lowest BCUT2D eigenvalue weighted by Gasteiger charge is -2.02. The first-order chi connectivity index (χ1) is 8.11. The van der Waals surface area contributed by atoms with Crippen LogP contribution in [-0.4, -0.2) is 17.3 Å². The third kappa shape index (κ3) is 2.48. The molecule has 1 heterocycles. The number of rotatable bonds is 3. The van der Waals surface area contributed by atoms with Crippen LogP contribution in [0.1, 0.15) is 18.9 Å². The summed E-state index contributed by atoms with van der Waals surface area (Å²) in [6.45, 7) is 1.85. The number of nitrogen functional groups attached to an aromatic ring is 1. The highest BCUT2D eigenvalue weighted by Crippen LogP contribution is 2.28. The summed E-state index contributed by atoms with van der Waals surface area (Å²) in [5, 5.41) is 3.85. The fourth-order valence-corrected chi connectivity index (χ4v) is 1.69. The number of halogens is 1. The lowest BCUT2D eigenvalue weighted by molar-refractivity contribution is 0.109. The van der Waals surface area contributed by atoms with Crippen molar-refractivity contribution in [2.24, 2.45) is 0 Å². The Morgan fingerprint density at radius 1 is 1.47 bits per heavy atom. The molecule has 5 nitrogen and oxygen atoms in total. The highest BCUT2D eigenvalue weighted by Gasteiger charge is 2.16. The lowest BCUT2D eigenvalue weighted by atomic mass is 10.2. The molecule has 2 aromatic rings. The minimum Gasteiger partial charge on any atom is -0.398 e. The second-order valence-corrected chi connectivity index (χ2v) is 4.48. The van der Waals surface area contributed by atoms with E-state index in [0.29, 0.717) is 23.0 Å². The molecule has 0 saturated heterocycles. The Hall–Kier alpha value is -1.40. The normalized spacial score (nSPS) is 12.6. The third-order valence-electron chi connectivity index (χ3n) is 2.40. The van der Waals surface area contributed by atoms with Crippen LogP contribution in [-0.2, 0) is 4.74 Å². The van der Waals surface area contributed by atoms with Gasteiger partial charge in [0, 0.05) is 17.3 Å². The lowest BCUT2D eigenvalue weighted by Crippen LogP contribution is -1.98. The van der Waals surface area contributed by atoms with E-state index in [-0.39, 0.29) is 6.10 Å². The van der Waals surface area contributed by atoms with Crippen molar-refractivity contribution in [2.75, 3.05) is 12.8 Å². The maximum absolute atomic E-state index is 5.86. The second kappa shape index (κ2) is 4.85. The summed E-state index contributed by atoms with van der Waals surface area (Å²) >= 11 is 3.37. The van der Waals surface area contributed by atoms with Gasteiger partial charge in [-0.15, -0.1) is 0 Å². The van der Waals surface area contributed by atoms with E-state index in [1.54, 1.807) is 13.2 Å². The quantitative estimate of drug-likeness (QED) is 0.882. The van der Waals surface area contributed by atoms with Gasteiger partial charge in [-0.05, 0) is 25.1 Å². The summed E-state index contributed by atoms with van der Waals surface area (Å²) in [6.07, 6.45) is -0.208. The second-order valence-electron chi connectivity index (χ2n) is 3.57. The molecule has 1 aromatic carbocycles. The van der Waals surface area contributed by atoms with Gasteiger partial charge in [-0.1, -0.05) is 21.1 Å². The number of ether oxygens (including phenoxy) is 1. The van der Waals surface area contributed by atoms with E-state index < -0.39 is 0 Å². The first-order valence-corrected chi connectivity index (χ1v) is 5.83. The molecule has 0 spiro atoms. The van der Waals surface area contributed by atoms with Crippen molar-refractivity contribution in [3.8, 4) is 11.5 Å². The molecule has 90 valence electrons. The fraction of sp³-hybridized carbons (Fsp3) is 0.273. The van der Waals surface area contributed by atoms with Gasteiger partial charge in [0.15, 0.2) is 0 Å². The first-order valence-electron chi connectivity index (χ1n) is 5.03. The number of anilines is 1. The Morgan fingerprint density at radius 2 is 2.24 bits per heavy atom. The van der Waals surface area contributed by atoms with Crippen molar-refractivity contribution < 1.29 is 9.26 Å². The highest BCUT2D eigenvalue weighted by atomic mass is 79.9. The van der Waals surface area contributed by atoms with Crippen LogP contribution in [0, 0.1) is 0 Å². The fourth-order valence-electron chi connectivity index (χ4n) is 1.33. The zero-order chi connectivity index (χ0) is 12.4. The number of nitrogens with zero attached hydrogens (tertiary/aromatic N) is 2. The molecule has 0 amide bonds. The molecule has 17 heavy (non-hydrogen) atoms. The maximum Gasteiger partial charge on any atom is 0.260 e. The molecule has 0 bridgehead atoms. The Bertz CT molecular complexity index is 527. The number of benzene rings is 1. The summed E-state index contributed by atoms with van der Waals surface area (Å²) < 4.78 is 11.2. The summed E-state index contributed by atoms with van der Waals surface area (Å²) in [5.41, 5.74) is 7.16. The van der Waals surface area contributed by atoms with Crippen LogP contribution >= 0.6 is 15.9 Å². The van der Waals surface area contributed by atoms with Crippen LogP contribution in [0.4, 0.5) is 5.69 Å². The van der Waals surface area contributed by atoms with E-state index in [1.165, 1.54) is 0 Å². The van der Waals surface area contributed by atoms with Crippen LogP contribution in [0.15, 0.2) is 27.2 Å².